The minimum atomic E-state index is -0.472. The number of ether oxygens (including phenoxy) is 1. The van der Waals surface area contributed by atoms with E-state index in [1.807, 2.05) is 30.3 Å². The van der Waals surface area contributed by atoms with E-state index in [0.717, 1.165) is 12.2 Å². The lowest BCUT2D eigenvalue weighted by atomic mass is 10.1. The van der Waals surface area contributed by atoms with Gasteiger partial charge in [0.1, 0.15) is 18.5 Å². The van der Waals surface area contributed by atoms with Crippen LogP contribution in [0.2, 0.25) is 0 Å². The van der Waals surface area contributed by atoms with E-state index in [0.29, 0.717) is 25.1 Å². The summed E-state index contributed by atoms with van der Waals surface area (Å²) in [6.45, 7) is 7.44. The first-order valence-electron chi connectivity index (χ1n) is 6.67. The van der Waals surface area contributed by atoms with Crippen LogP contribution in [0, 0.1) is 5.92 Å². The first-order chi connectivity index (χ1) is 8.58. The first kappa shape index (κ1) is 15.0. The fraction of sp³-hybridized carbons (Fsp3) is 0.600. The monoisotopic (exact) mass is 251 g/mol. The van der Waals surface area contributed by atoms with E-state index in [1.165, 1.54) is 0 Å². The van der Waals surface area contributed by atoms with E-state index in [9.17, 15) is 5.11 Å². The summed E-state index contributed by atoms with van der Waals surface area (Å²) >= 11 is 0. The molecule has 0 aromatic heterocycles. The van der Waals surface area contributed by atoms with Crippen molar-refractivity contribution in [2.45, 2.75) is 39.3 Å². The molecule has 2 unspecified atom stereocenters. The zero-order chi connectivity index (χ0) is 13.4. The molecule has 0 saturated carbocycles. The number of benzene rings is 1. The highest BCUT2D eigenvalue weighted by Gasteiger charge is 2.09. The smallest absolute Gasteiger partial charge is 0.119 e. The van der Waals surface area contributed by atoms with Crippen molar-refractivity contribution in [1.29, 1.82) is 0 Å². The van der Waals surface area contributed by atoms with Gasteiger partial charge in [0, 0.05) is 12.6 Å². The van der Waals surface area contributed by atoms with Crippen LogP contribution in [0.15, 0.2) is 30.3 Å². The summed E-state index contributed by atoms with van der Waals surface area (Å²) < 4.78 is 5.49. The average Bonchev–Trinajstić information content (AvgIpc) is 2.34. The van der Waals surface area contributed by atoms with Crippen LogP contribution in [0.4, 0.5) is 0 Å². The van der Waals surface area contributed by atoms with Crippen molar-refractivity contribution in [3.05, 3.63) is 30.3 Å². The molecule has 2 atom stereocenters. The molecule has 1 aromatic carbocycles. The molecular weight excluding hydrogens is 226 g/mol. The Kier molecular flexibility index (Phi) is 6.76. The van der Waals surface area contributed by atoms with E-state index < -0.39 is 6.10 Å². The molecule has 0 aliphatic rings. The van der Waals surface area contributed by atoms with Gasteiger partial charge in [-0.3, -0.25) is 0 Å². The Bertz CT molecular complexity index is 314. The van der Waals surface area contributed by atoms with Crippen LogP contribution in [0.25, 0.3) is 0 Å². The molecule has 1 rings (SSSR count). The van der Waals surface area contributed by atoms with E-state index in [-0.39, 0.29) is 0 Å². The molecule has 0 aliphatic heterocycles. The first-order valence-corrected chi connectivity index (χ1v) is 6.67. The molecule has 0 aliphatic carbocycles. The zero-order valence-corrected chi connectivity index (χ0v) is 11.6. The van der Waals surface area contributed by atoms with E-state index in [1.54, 1.807) is 0 Å². The van der Waals surface area contributed by atoms with E-state index in [2.05, 4.69) is 26.1 Å². The van der Waals surface area contributed by atoms with Crippen molar-refractivity contribution in [2.24, 2.45) is 5.92 Å². The van der Waals surface area contributed by atoms with Gasteiger partial charge in [-0.15, -0.1) is 0 Å². The quantitative estimate of drug-likeness (QED) is 0.745. The highest BCUT2D eigenvalue weighted by atomic mass is 16.5. The van der Waals surface area contributed by atoms with Crippen LogP contribution in [0.5, 0.6) is 5.75 Å². The third-order valence-corrected chi connectivity index (χ3v) is 2.71. The van der Waals surface area contributed by atoms with E-state index in [4.69, 9.17) is 4.74 Å². The third-order valence-electron chi connectivity index (χ3n) is 2.71. The lowest BCUT2D eigenvalue weighted by Gasteiger charge is -2.19. The zero-order valence-electron chi connectivity index (χ0n) is 11.6. The second kappa shape index (κ2) is 8.11. The summed E-state index contributed by atoms with van der Waals surface area (Å²) in [5.74, 6) is 1.47. The average molecular weight is 251 g/mol. The van der Waals surface area contributed by atoms with Crippen molar-refractivity contribution < 1.29 is 9.84 Å². The summed E-state index contributed by atoms with van der Waals surface area (Å²) in [5, 5.41) is 13.1. The lowest BCUT2D eigenvalue weighted by molar-refractivity contribution is 0.103. The number of hydrogen-bond acceptors (Lipinski definition) is 3. The molecule has 0 radical (unpaired) electrons. The van der Waals surface area contributed by atoms with Crippen LogP contribution in [-0.2, 0) is 0 Å². The molecular formula is C15H25NO2. The van der Waals surface area contributed by atoms with Crippen LogP contribution in [-0.4, -0.2) is 30.4 Å². The molecule has 0 spiro atoms. The standard InChI is InChI=1S/C15H25NO2/c1-12(2)9-13(3)16-10-14(17)11-18-15-7-5-4-6-8-15/h4-8,12-14,16-17H,9-11H2,1-3H3. The molecule has 102 valence electrons. The number of nitrogens with one attached hydrogen (secondary N) is 1. The van der Waals surface area contributed by atoms with Crippen molar-refractivity contribution >= 4 is 0 Å². The molecule has 3 nitrogen and oxygen atoms in total. The normalized spacial score (nSPS) is 14.5. The highest BCUT2D eigenvalue weighted by molar-refractivity contribution is 5.20. The predicted octanol–water partition coefficient (Wildman–Crippen LogP) is 2.45. The number of para-hydroxylation sites is 1. The molecule has 3 heteroatoms. The topological polar surface area (TPSA) is 41.5 Å². The maximum absolute atomic E-state index is 9.81. The molecule has 0 fully saturated rings. The molecule has 18 heavy (non-hydrogen) atoms. The number of rotatable bonds is 8. The van der Waals surface area contributed by atoms with Crippen molar-refractivity contribution in [3.8, 4) is 5.75 Å². The Morgan fingerprint density at radius 1 is 1.17 bits per heavy atom. The van der Waals surface area contributed by atoms with Crippen LogP contribution in [0.3, 0.4) is 0 Å². The number of hydrogen-bond donors (Lipinski definition) is 2. The summed E-state index contributed by atoms with van der Waals surface area (Å²) in [5.41, 5.74) is 0. The maximum Gasteiger partial charge on any atom is 0.119 e. The van der Waals surface area contributed by atoms with Gasteiger partial charge in [-0.25, -0.2) is 0 Å². The van der Waals surface area contributed by atoms with Crippen LogP contribution in [0.1, 0.15) is 27.2 Å². The minimum absolute atomic E-state index is 0.325. The Labute approximate surface area is 110 Å². The van der Waals surface area contributed by atoms with Crippen molar-refractivity contribution in [1.82, 2.24) is 5.32 Å². The number of aliphatic hydroxyl groups is 1. The fourth-order valence-electron chi connectivity index (χ4n) is 1.90. The second-order valence-electron chi connectivity index (χ2n) is 5.22. The summed E-state index contributed by atoms with van der Waals surface area (Å²) in [6, 6.07) is 9.99. The Morgan fingerprint density at radius 3 is 2.44 bits per heavy atom. The molecule has 1 aromatic rings. The van der Waals surface area contributed by atoms with Gasteiger partial charge in [0.15, 0.2) is 0 Å². The van der Waals surface area contributed by atoms with Gasteiger partial charge < -0.3 is 15.2 Å². The van der Waals surface area contributed by atoms with Gasteiger partial charge in [0.2, 0.25) is 0 Å². The minimum Gasteiger partial charge on any atom is -0.491 e. The second-order valence-corrected chi connectivity index (χ2v) is 5.22. The number of aliphatic hydroxyl groups excluding tert-OH is 1. The maximum atomic E-state index is 9.81. The molecule has 2 N–H and O–H groups in total. The Morgan fingerprint density at radius 2 is 1.83 bits per heavy atom. The van der Waals surface area contributed by atoms with Crippen molar-refractivity contribution in [2.75, 3.05) is 13.2 Å². The van der Waals surface area contributed by atoms with E-state index >= 15 is 0 Å². The summed E-state index contributed by atoms with van der Waals surface area (Å²) in [4.78, 5) is 0. The van der Waals surface area contributed by atoms with Crippen LogP contribution >= 0.6 is 0 Å². The predicted molar refractivity (Wildman–Crippen MR) is 74.9 cm³/mol. The fourth-order valence-corrected chi connectivity index (χ4v) is 1.90. The van der Waals surface area contributed by atoms with Crippen LogP contribution < -0.4 is 10.1 Å². The molecule has 0 bridgehead atoms. The van der Waals surface area contributed by atoms with Gasteiger partial charge in [-0.05, 0) is 31.4 Å². The third kappa shape index (κ3) is 6.62. The SMILES string of the molecule is CC(C)CC(C)NCC(O)COc1ccccc1. The van der Waals surface area contributed by atoms with Gasteiger partial charge in [0.05, 0.1) is 0 Å². The Balaban J connectivity index is 2.16. The molecule has 0 saturated heterocycles. The largest absolute Gasteiger partial charge is 0.491 e. The summed E-state index contributed by atoms with van der Waals surface area (Å²) in [6.07, 6.45) is 0.645. The summed E-state index contributed by atoms with van der Waals surface area (Å²) in [7, 11) is 0. The Hall–Kier alpha value is -1.06. The van der Waals surface area contributed by atoms with Gasteiger partial charge in [-0.1, -0.05) is 32.0 Å². The van der Waals surface area contributed by atoms with Gasteiger partial charge in [0.25, 0.3) is 0 Å². The highest BCUT2D eigenvalue weighted by Crippen LogP contribution is 2.08. The lowest BCUT2D eigenvalue weighted by Crippen LogP contribution is -2.37. The van der Waals surface area contributed by atoms with Gasteiger partial charge >= 0.3 is 0 Å². The van der Waals surface area contributed by atoms with Crippen molar-refractivity contribution in [3.63, 3.8) is 0 Å². The molecule has 0 heterocycles. The van der Waals surface area contributed by atoms with Gasteiger partial charge in [-0.2, -0.15) is 0 Å². The molecule has 0 amide bonds.